The van der Waals surface area contributed by atoms with E-state index in [1.54, 1.807) is 12.3 Å². The molecule has 118 valence electrons. The zero-order valence-electron chi connectivity index (χ0n) is 13.3. The molecule has 22 heavy (non-hydrogen) atoms. The molecule has 0 N–H and O–H groups in total. The van der Waals surface area contributed by atoms with Gasteiger partial charge in [0.05, 0.1) is 11.2 Å². The van der Waals surface area contributed by atoms with Gasteiger partial charge in [0.1, 0.15) is 11.3 Å². The fraction of sp³-hybridized carbons (Fsp3) is 0.471. The van der Waals surface area contributed by atoms with Crippen LogP contribution in [0.4, 0.5) is 14.5 Å². The van der Waals surface area contributed by atoms with E-state index in [9.17, 15) is 8.78 Å². The predicted octanol–water partition coefficient (Wildman–Crippen LogP) is 3.91. The van der Waals surface area contributed by atoms with Gasteiger partial charge in [-0.1, -0.05) is 0 Å². The number of morpholine rings is 1. The van der Waals surface area contributed by atoms with Crippen LogP contribution in [0.25, 0.3) is 10.9 Å². The van der Waals surface area contributed by atoms with Crippen molar-refractivity contribution in [2.24, 2.45) is 0 Å². The quantitative estimate of drug-likeness (QED) is 0.799. The lowest BCUT2D eigenvalue weighted by atomic mass is 9.97. The van der Waals surface area contributed by atoms with Crippen LogP contribution in [-0.2, 0) is 4.74 Å². The number of hydrogen-bond acceptors (Lipinski definition) is 3. The van der Waals surface area contributed by atoms with Crippen molar-refractivity contribution >= 4 is 16.6 Å². The molecule has 5 heteroatoms. The number of fused-ring (bicyclic) bond motifs is 1. The van der Waals surface area contributed by atoms with Crippen LogP contribution in [-0.4, -0.2) is 29.3 Å². The van der Waals surface area contributed by atoms with E-state index in [2.05, 4.69) is 9.88 Å². The van der Waals surface area contributed by atoms with Crippen LogP contribution in [0, 0.1) is 11.6 Å². The number of anilines is 1. The summed E-state index contributed by atoms with van der Waals surface area (Å²) >= 11 is 0. The van der Waals surface area contributed by atoms with Gasteiger partial charge in [-0.15, -0.1) is 0 Å². The third-order valence-corrected chi connectivity index (χ3v) is 3.78. The third-order valence-electron chi connectivity index (χ3n) is 3.78. The van der Waals surface area contributed by atoms with Crippen LogP contribution < -0.4 is 4.90 Å². The summed E-state index contributed by atoms with van der Waals surface area (Å²) in [5, 5.41) is 0.494. The lowest BCUT2D eigenvalue weighted by molar-refractivity contribution is -0.133. The Morgan fingerprint density at radius 2 is 1.73 bits per heavy atom. The standard InChI is InChI=1S/C17H20F2N2O/c1-16(2)9-21(10-17(3,4)22-16)14-5-6-20-15-12(14)7-11(18)8-13(15)19/h5-8H,9-10H2,1-4H3. The molecule has 2 heterocycles. The number of rotatable bonds is 1. The molecule has 0 amide bonds. The molecule has 0 saturated carbocycles. The highest BCUT2D eigenvalue weighted by Crippen LogP contribution is 2.35. The van der Waals surface area contributed by atoms with Gasteiger partial charge in [0.25, 0.3) is 0 Å². The molecule has 3 rings (SSSR count). The van der Waals surface area contributed by atoms with Crippen molar-refractivity contribution in [3.63, 3.8) is 0 Å². The molecule has 1 aromatic carbocycles. The van der Waals surface area contributed by atoms with Gasteiger partial charge in [-0.2, -0.15) is 0 Å². The lowest BCUT2D eigenvalue weighted by Crippen LogP contribution is -2.57. The molecule has 3 nitrogen and oxygen atoms in total. The van der Waals surface area contributed by atoms with Gasteiger partial charge in [-0.3, -0.25) is 4.98 Å². The van der Waals surface area contributed by atoms with Crippen molar-refractivity contribution in [2.75, 3.05) is 18.0 Å². The van der Waals surface area contributed by atoms with Gasteiger partial charge in [-0.25, -0.2) is 8.78 Å². The Balaban J connectivity index is 2.14. The number of ether oxygens (including phenoxy) is 1. The summed E-state index contributed by atoms with van der Waals surface area (Å²) in [7, 11) is 0. The molecule has 0 radical (unpaired) electrons. The average molecular weight is 306 g/mol. The van der Waals surface area contributed by atoms with E-state index in [4.69, 9.17) is 4.74 Å². The van der Waals surface area contributed by atoms with Gasteiger partial charge in [-0.05, 0) is 39.8 Å². The molecule has 1 aromatic heterocycles. The van der Waals surface area contributed by atoms with E-state index in [0.29, 0.717) is 18.5 Å². The van der Waals surface area contributed by atoms with Gasteiger partial charge in [0.2, 0.25) is 0 Å². The number of hydrogen-bond donors (Lipinski definition) is 0. The number of pyridine rings is 1. The van der Waals surface area contributed by atoms with Crippen LogP contribution in [0.5, 0.6) is 0 Å². The minimum absolute atomic E-state index is 0.195. The Bertz CT molecular complexity index is 712. The zero-order chi connectivity index (χ0) is 16.1. The van der Waals surface area contributed by atoms with Crippen molar-refractivity contribution < 1.29 is 13.5 Å². The van der Waals surface area contributed by atoms with Crippen LogP contribution in [0.2, 0.25) is 0 Å². The minimum Gasteiger partial charge on any atom is -0.366 e. The largest absolute Gasteiger partial charge is 0.366 e. The molecular formula is C17H20F2N2O. The summed E-state index contributed by atoms with van der Waals surface area (Å²) in [4.78, 5) is 6.17. The Kier molecular flexibility index (Phi) is 3.36. The topological polar surface area (TPSA) is 25.4 Å². The average Bonchev–Trinajstić information content (AvgIpc) is 2.34. The van der Waals surface area contributed by atoms with E-state index in [-0.39, 0.29) is 16.7 Å². The molecule has 1 aliphatic rings. The van der Waals surface area contributed by atoms with Gasteiger partial charge in [0.15, 0.2) is 5.82 Å². The van der Waals surface area contributed by atoms with Gasteiger partial charge < -0.3 is 9.64 Å². The lowest BCUT2D eigenvalue weighted by Gasteiger charge is -2.48. The van der Waals surface area contributed by atoms with Crippen molar-refractivity contribution in [1.29, 1.82) is 0 Å². The monoisotopic (exact) mass is 306 g/mol. The molecule has 0 atom stereocenters. The molecule has 0 spiro atoms. The summed E-state index contributed by atoms with van der Waals surface area (Å²) in [6.45, 7) is 9.37. The molecule has 1 saturated heterocycles. The van der Waals surface area contributed by atoms with Gasteiger partial charge in [0, 0.05) is 36.4 Å². The van der Waals surface area contributed by atoms with E-state index < -0.39 is 11.6 Å². The molecule has 0 bridgehead atoms. The van der Waals surface area contributed by atoms with Crippen LogP contribution in [0.15, 0.2) is 24.4 Å². The molecule has 0 unspecified atom stereocenters. The zero-order valence-corrected chi connectivity index (χ0v) is 13.3. The third kappa shape index (κ3) is 2.77. The Morgan fingerprint density at radius 3 is 2.36 bits per heavy atom. The van der Waals surface area contributed by atoms with Crippen molar-refractivity contribution in [2.45, 2.75) is 38.9 Å². The Hall–Kier alpha value is -1.75. The van der Waals surface area contributed by atoms with Crippen LogP contribution >= 0.6 is 0 Å². The number of aromatic nitrogens is 1. The Labute approximate surface area is 128 Å². The maximum absolute atomic E-state index is 14.0. The van der Waals surface area contributed by atoms with Crippen LogP contribution in [0.3, 0.4) is 0 Å². The normalized spacial score (nSPS) is 20.4. The van der Waals surface area contributed by atoms with E-state index in [1.807, 2.05) is 27.7 Å². The second-order valence-corrected chi connectivity index (χ2v) is 7.09. The minimum atomic E-state index is -0.636. The summed E-state index contributed by atoms with van der Waals surface area (Å²) in [6.07, 6.45) is 1.56. The van der Waals surface area contributed by atoms with Crippen molar-refractivity contribution in [3.05, 3.63) is 36.0 Å². The SMILES string of the molecule is CC1(C)CN(c2ccnc3c(F)cc(F)cc23)CC(C)(C)O1. The predicted molar refractivity (Wildman–Crippen MR) is 83.1 cm³/mol. The maximum Gasteiger partial charge on any atom is 0.152 e. The first kappa shape index (κ1) is 15.2. The number of halogens is 2. The van der Waals surface area contributed by atoms with Gasteiger partial charge >= 0.3 is 0 Å². The molecule has 1 aliphatic heterocycles. The highest BCUT2D eigenvalue weighted by molar-refractivity contribution is 5.92. The van der Waals surface area contributed by atoms with E-state index in [1.165, 1.54) is 6.07 Å². The highest BCUT2D eigenvalue weighted by Gasteiger charge is 2.38. The van der Waals surface area contributed by atoms with Crippen LogP contribution in [0.1, 0.15) is 27.7 Å². The number of benzene rings is 1. The summed E-state index contributed by atoms with van der Waals surface area (Å²) < 4.78 is 33.7. The summed E-state index contributed by atoms with van der Waals surface area (Å²) in [5.74, 6) is -1.23. The summed E-state index contributed by atoms with van der Waals surface area (Å²) in [6, 6.07) is 4.02. The second kappa shape index (κ2) is 4.88. The summed E-state index contributed by atoms with van der Waals surface area (Å²) in [5.41, 5.74) is 0.292. The van der Waals surface area contributed by atoms with Crippen molar-refractivity contribution in [1.82, 2.24) is 4.98 Å². The first-order valence-corrected chi connectivity index (χ1v) is 7.36. The first-order chi connectivity index (χ1) is 10.2. The smallest absolute Gasteiger partial charge is 0.152 e. The number of nitrogens with zero attached hydrogens (tertiary/aromatic N) is 2. The van der Waals surface area contributed by atoms with E-state index in [0.717, 1.165) is 11.8 Å². The molecular weight excluding hydrogens is 286 g/mol. The Morgan fingerprint density at radius 1 is 1.09 bits per heavy atom. The molecule has 0 aliphatic carbocycles. The van der Waals surface area contributed by atoms with E-state index >= 15 is 0 Å². The first-order valence-electron chi connectivity index (χ1n) is 7.36. The second-order valence-electron chi connectivity index (χ2n) is 7.09. The maximum atomic E-state index is 14.0. The molecule has 2 aromatic rings. The molecule has 1 fully saturated rings. The fourth-order valence-electron chi connectivity index (χ4n) is 3.40. The van der Waals surface area contributed by atoms with Crippen molar-refractivity contribution in [3.8, 4) is 0 Å². The highest BCUT2D eigenvalue weighted by atomic mass is 19.1. The fourth-order valence-corrected chi connectivity index (χ4v) is 3.40.